The lowest BCUT2D eigenvalue weighted by atomic mass is 10.1. The minimum absolute atomic E-state index is 0.0744. The Labute approximate surface area is 126 Å². The Hall–Kier alpha value is -1.17. The highest BCUT2D eigenvalue weighted by Crippen LogP contribution is 2.21. The smallest absolute Gasteiger partial charge is 0.165 e. The zero-order chi connectivity index (χ0) is 16.0. The van der Waals surface area contributed by atoms with E-state index in [1.54, 1.807) is 12.1 Å². The van der Waals surface area contributed by atoms with Crippen molar-refractivity contribution >= 4 is 0 Å². The first kappa shape index (κ1) is 17.9. The maximum absolute atomic E-state index is 13.6. The number of halogens is 1. The molecule has 1 rings (SSSR count). The second kappa shape index (κ2) is 7.73. The molecule has 0 aliphatic carbocycles. The van der Waals surface area contributed by atoms with Gasteiger partial charge in [-0.1, -0.05) is 6.07 Å². The number of hydrogen-bond donors (Lipinski definition) is 2. The Balaban J connectivity index is 2.46. The lowest BCUT2D eigenvalue weighted by molar-refractivity contribution is -0.0482. The van der Waals surface area contributed by atoms with Crippen LogP contribution >= 0.6 is 0 Å². The van der Waals surface area contributed by atoms with Crippen molar-refractivity contribution in [3.05, 3.63) is 29.6 Å². The number of ether oxygens (including phenoxy) is 2. The molecule has 1 aromatic carbocycles. The van der Waals surface area contributed by atoms with Crippen LogP contribution in [0.25, 0.3) is 0 Å². The molecule has 0 spiro atoms. The van der Waals surface area contributed by atoms with Crippen molar-refractivity contribution in [1.29, 1.82) is 0 Å². The van der Waals surface area contributed by atoms with Crippen molar-refractivity contribution < 1.29 is 19.0 Å². The Kier molecular flexibility index (Phi) is 6.58. The summed E-state index contributed by atoms with van der Waals surface area (Å²) in [5.74, 6) is -0.162. The van der Waals surface area contributed by atoms with Gasteiger partial charge in [0, 0.05) is 12.6 Å². The third kappa shape index (κ3) is 6.42. The summed E-state index contributed by atoms with van der Waals surface area (Å²) >= 11 is 0. The van der Waals surface area contributed by atoms with Crippen LogP contribution in [0.3, 0.4) is 0 Å². The highest BCUT2D eigenvalue weighted by Gasteiger charge is 2.15. The van der Waals surface area contributed by atoms with Gasteiger partial charge in [-0.15, -0.1) is 0 Å². The molecule has 21 heavy (non-hydrogen) atoms. The van der Waals surface area contributed by atoms with Gasteiger partial charge in [0.1, 0.15) is 0 Å². The van der Waals surface area contributed by atoms with Crippen LogP contribution in [-0.4, -0.2) is 37.1 Å². The van der Waals surface area contributed by atoms with E-state index in [9.17, 15) is 9.50 Å². The molecule has 2 unspecified atom stereocenters. The van der Waals surface area contributed by atoms with Crippen molar-refractivity contribution in [3.63, 3.8) is 0 Å². The summed E-state index contributed by atoms with van der Waals surface area (Å²) in [7, 11) is 1.44. The normalized spacial score (nSPS) is 14.8. The van der Waals surface area contributed by atoms with Gasteiger partial charge in [-0.05, 0) is 45.4 Å². The number of hydrogen-bond acceptors (Lipinski definition) is 4. The third-order valence-corrected chi connectivity index (χ3v) is 3.04. The molecule has 1 aromatic rings. The van der Waals surface area contributed by atoms with Crippen LogP contribution in [0.4, 0.5) is 4.39 Å². The van der Waals surface area contributed by atoms with Crippen molar-refractivity contribution in [3.8, 4) is 5.75 Å². The first-order valence-corrected chi connectivity index (χ1v) is 7.12. The second-order valence-corrected chi connectivity index (χ2v) is 6.10. The summed E-state index contributed by atoms with van der Waals surface area (Å²) in [4.78, 5) is 0. The number of methoxy groups -OCH3 is 1. The molecule has 4 nitrogen and oxygen atoms in total. The average molecular weight is 299 g/mol. The Bertz CT molecular complexity index is 446. The molecule has 0 aliphatic heterocycles. The van der Waals surface area contributed by atoms with E-state index in [1.165, 1.54) is 13.2 Å². The van der Waals surface area contributed by atoms with Crippen LogP contribution in [0.2, 0.25) is 0 Å². The summed E-state index contributed by atoms with van der Waals surface area (Å²) in [5.41, 5.74) is 0.531. The van der Waals surface area contributed by atoms with Crippen LogP contribution in [0.5, 0.6) is 5.75 Å². The Morgan fingerprint density at radius 3 is 2.52 bits per heavy atom. The van der Waals surface area contributed by atoms with Gasteiger partial charge >= 0.3 is 0 Å². The monoisotopic (exact) mass is 299 g/mol. The van der Waals surface area contributed by atoms with Gasteiger partial charge < -0.3 is 19.9 Å². The van der Waals surface area contributed by atoms with E-state index in [0.29, 0.717) is 6.54 Å². The molecule has 0 fully saturated rings. The third-order valence-electron chi connectivity index (χ3n) is 3.04. The summed E-state index contributed by atoms with van der Waals surface area (Å²) in [6.07, 6.45) is -0.602. The molecule has 0 aromatic heterocycles. The molecule has 5 heteroatoms. The van der Waals surface area contributed by atoms with Crippen molar-refractivity contribution in [2.75, 3.05) is 20.3 Å². The van der Waals surface area contributed by atoms with E-state index < -0.39 is 6.10 Å². The minimum Gasteiger partial charge on any atom is -0.494 e. The predicted molar refractivity (Wildman–Crippen MR) is 81.1 cm³/mol. The van der Waals surface area contributed by atoms with Gasteiger partial charge in [-0.25, -0.2) is 4.39 Å². The van der Waals surface area contributed by atoms with Crippen LogP contribution < -0.4 is 10.1 Å². The number of aliphatic hydroxyl groups excluding tert-OH is 1. The lowest BCUT2D eigenvalue weighted by Crippen LogP contribution is -2.34. The van der Waals surface area contributed by atoms with E-state index in [4.69, 9.17) is 9.47 Å². The van der Waals surface area contributed by atoms with Crippen LogP contribution in [0.1, 0.15) is 39.3 Å². The van der Waals surface area contributed by atoms with E-state index in [0.717, 1.165) is 5.56 Å². The summed E-state index contributed by atoms with van der Waals surface area (Å²) in [6, 6.07) is 4.77. The van der Waals surface area contributed by atoms with Crippen molar-refractivity contribution in [2.45, 2.75) is 45.4 Å². The zero-order valence-electron chi connectivity index (χ0n) is 13.4. The molecule has 0 saturated heterocycles. The molecule has 2 N–H and O–H groups in total. The SMILES string of the molecule is COc1ccc(C(C)NCC(O)COC(C)(C)C)cc1F. The van der Waals surface area contributed by atoms with Crippen LogP contribution in [0, 0.1) is 5.82 Å². The standard InChI is InChI=1S/C16H26FNO3/c1-11(12-6-7-15(20-5)14(17)8-12)18-9-13(19)10-21-16(2,3)4/h6-8,11,13,18-19H,9-10H2,1-5H3. The number of aliphatic hydroxyl groups is 1. The van der Waals surface area contributed by atoms with Crippen LogP contribution in [0.15, 0.2) is 18.2 Å². The highest BCUT2D eigenvalue weighted by atomic mass is 19.1. The van der Waals surface area contributed by atoms with E-state index in [-0.39, 0.29) is 29.8 Å². The largest absolute Gasteiger partial charge is 0.494 e. The lowest BCUT2D eigenvalue weighted by Gasteiger charge is -2.23. The topological polar surface area (TPSA) is 50.7 Å². The molecular weight excluding hydrogens is 273 g/mol. The molecular formula is C16H26FNO3. The quantitative estimate of drug-likeness (QED) is 0.813. The maximum Gasteiger partial charge on any atom is 0.165 e. The fourth-order valence-electron chi connectivity index (χ4n) is 1.79. The number of nitrogens with one attached hydrogen (secondary N) is 1. The predicted octanol–water partition coefficient (Wildman–Crippen LogP) is 2.66. The Morgan fingerprint density at radius 2 is 2.00 bits per heavy atom. The molecule has 0 radical (unpaired) electrons. The number of rotatable bonds is 7. The molecule has 0 saturated carbocycles. The second-order valence-electron chi connectivity index (χ2n) is 6.10. The fraction of sp³-hybridized carbons (Fsp3) is 0.625. The van der Waals surface area contributed by atoms with Gasteiger partial charge in [-0.2, -0.15) is 0 Å². The van der Waals surface area contributed by atoms with E-state index in [2.05, 4.69) is 5.32 Å². The molecule has 0 aliphatic rings. The van der Waals surface area contributed by atoms with Crippen molar-refractivity contribution in [2.24, 2.45) is 0 Å². The van der Waals surface area contributed by atoms with Gasteiger partial charge in [-0.3, -0.25) is 0 Å². The molecule has 0 heterocycles. The fourth-order valence-corrected chi connectivity index (χ4v) is 1.79. The first-order valence-electron chi connectivity index (χ1n) is 7.12. The average Bonchev–Trinajstić information content (AvgIpc) is 2.41. The van der Waals surface area contributed by atoms with Gasteiger partial charge in [0.2, 0.25) is 0 Å². The van der Waals surface area contributed by atoms with Gasteiger partial charge in [0.05, 0.1) is 25.4 Å². The highest BCUT2D eigenvalue weighted by molar-refractivity contribution is 5.30. The summed E-state index contributed by atoms with van der Waals surface area (Å²) < 4.78 is 24.0. The minimum atomic E-state index is -0.602. The van der Waals surface area contributed by atoms with Crippen molar-refractivity contribution in [1.82, 2.24) is 5.32 Å². The Morgan fingerprint density at radius 1 is 1.33 bits per heavy atom. The molecule has 2 atom stereocenters. The molecule has 0 bridgehead atoms. The summed E-state index contributed by atoms with van der Waals surface area (Å²) in [5, 5.41) is 13.0. The van der Waals surface area contributed by atoms with E-state index in [1.807, 2.05) is 27.7 Å². The summed E-state index contributed by atoms with van der Waals surface area (Å²) in [6.45, 7) is 8.38. The first-order chi connectivity index (χ1) is 9.73. The number of benzene rings is 1. The zero-order valence-corrected chi connectivity index (χ0v) is 13.4. The molecule has 120 valence electrons. The van der Waals surface area contributed by atoms with Gasteiger partial charge in [0.25, 0.3) is 0 Å². The maximum atomic E-state index is 13.6. The van der Waals surface area contributed by atoms with E-state index >= 15 is 0 Å². The molecule has 0 amide bonds. The van der Waals surface area contributed by atoms with Gasteiger partial charge in [0.15, 0.2) is 11.6 Å². The van der Waals surface area contributed by atoms with Crippen LogP contribution in [-0.2, 0) is 4.74 Å².